The van der Waals surface area contributed by atoms with Crippen LogP contribution in [0.5, 0.6) is 5.75 Å². The van der Waals surface area contributed by atoms with Crippen LogP contribution in [0, 0.1) is 0 Å². The van der Waals surface area contributed by atoms with E-state index < -0.39 is 0 Å². The molecule has 0 saturated carbocycles. The largest absolute Gasteiger partial charge is 0.493 e. The van der Waals surface area contributed by atoms with Crippen LogP contribution >= 0.6 is 22.7 Å². The third kappa shape index (κ3) is 4.13. The molecule has 0 aliphatic carbocycles. The quantitative estimate of drug-likeness (QED) is 0.457. The van der Waals surface area contributed by atoms with Crippen LogP contribution < -0.4 is 10.1 Å². The molecule has 0 saturated heterocycles. The van der Waals surface area contributed by atoms with Gasteiger partial charge in [-0.15, -0.1) is 22.7 Å². The lowest BCUT2D eigenvalue weighted by atomic mass is 10.1. The van der Waals surface area contributed by atoms with Crippen LogP contribution in [0.2, 0.25) is 0 Å². The molecule has 142 valence electrons. The SMILES string of the molecule is CCOc1ccccc1-c1csc(NC(=O)Cc2csc(-c3ccco3)n2)n1. The van der Waals surface area contributed by atoms with Gasteiger partial charge in [0.15, 0.2) is 15.9 Å². The van der Waals surface area contributed by atoms with Crippen molar-refractivity contribution in [2.45, 2.75) is 13.3 Å². The number of para-hydroxylation sites is 1. The van der Waals surface area contributed by atoms with E-state index in [-0.39, 0.29) is 12.3 Å². The molecular weight excluding hydrogens is 394 g/mol. The lowest BCUT2D eigenvalue weighted by molar-refractivity contribution is -0.115. The van der Waals surface area contributed by atoms with Gasteiger partial charge in [0.2, 0.25) is 5.91 Å². The highest BCUT2D eigenvalue weighted by molar-refractivity contribution is 7.14. The summed E-state index contributed by atoms with van der Waals surface area (Å²) in [6.07, 6.45) is 1.79. The van der Waals surface area contributed by atoms with Crippen LogP contribution in [0.3, 0.4) is 0 Å². The fraction of sp³-hybridized carbons (Fsp3) is 0.150. The molecule has 4 rings (SSSR count). The fourth-order valence-electron chi connectivity index (χ4n) is 2.64. The molecule has 0 atom stereocenters. The van der Waals surface area contributed by atoms with Crippen molar-refractivity contribution >= 4 is 33.7 Å². The van der Waals surface area contributed by atoms with Crippen molar-refractivity contribution in [2.24, 2.45) is 0 Å². The average molecular weight is 412 g/mol. The number of hydrogen-bond acceptors (Lipinski definition) is 7. The first-order valence-electron chi connectivity index (χ1n) is 8.69. The number of hydrogen-bond donors (Lipinski definition) is 1. The molecule has 0 radical (unpaired) electrons. The molecule has 0 bridgehead atoms. The second-order valence-corrected chi connectivity index (χ2v) is 7.53. The van der Waals surface area contributed by atoms with Gasteiger partial charge in [0, 0.05) is 16.3 Å². The monoisotopic (exact) mass is 411 g/mol. The minimum Gasteiger partial charge on any atom is -0.493 e. The molecule has 0 spiro atoms. The van der Waals surface area contributed by atoms with Gasteiger partial charge in [-0.3, -0.25) is 4.79 Å². The number of rotatable bonds is 7. The number of nitrogens with zero attached hydrogens (tertiary/aromatic N) is 2. The van der Waals surface area contributed by atoms with E-state index in [0.29, 0.717) is 23.2 Å². The normalized spacial score (nSPS) is 10.8. The molecule has 1 N–H and O–H groups in total. The Bertz CT molecular complexity index is 1070. The Labute approximate surface area is 169 Å². The summed E-state index contributed by atoms with van der Waals surface area (Å²) in [4.78, 5) is 21.3. The first-order valence-corrected chi connectivity index (χ1v) is 10.4. The summed E-state index contributed by atoms with van der Waals surface area (Å²) in [6.45, 7) is 2.53. The number of carbonyl (C=O) groups is 1. The molecule has 1 amide bonds. The number of furan rings is 1. The molecule has 0 aliphatic rings. The molecular formula is C20H17N3O3S2. The molecule has 0 aliphatic heterocycles. The second kappa shape index (κ2) is 8.37. The van der Waals surface area contributed by atoms with Gasteiger partial charge in [-0.25, -0.2) is 9.97 Å². The first-order chi connectivity index (χ1) is 13.7. The Kier molecular flexibility index (Phi) is 5.50. The summed E-state index contributed by atoms with van der Waals surface area (Å²) < 4.78 is 11.0. The molecule has 0 unspecified atom stereocenters. The Hall–Kier alpha value is -2.97. The zero-order chi connectivity index (χ0) is 19.3. The maximum Gasteiger partial charge on any atom is 0.232 e. The number of ether oxygens (including phenoxy) is 1. The maximum atomic E-state index is 12.4. The number of benzene rings is 1. The molecule has 28 heavy (non-hydrogen) atoms. The summed E-state index contributed by atoms with van der Waals surface area (Å²) in [7, 11) is 0. The predicted molar refractivity (Wildman–Crippen MR) is 111 cm³/mol. The summed E-state index contributed by atoms with van der Waals surface area (Å²) in [5, 5.41) is 7.93. The van der Waals surface area contributed by atoms with Gasteiger partial charge in [0.25, 0.3) is 0 Å². The molecule has 3 heterocycles. The standard InChI is InChI=1S/C20H17N3O3S2/c1-2-25-16-7-4-3-6-14(16)15-12-28-20(22-15)23-18(24)10-13-11-27-19(21-13)17-8-5-9-26-17/h3-9,11-12H,2,10H2,1H3,(H,22,23,24). The number of amides is 1. The van der Waals surface area contributed by atoms with Gasteiger partial charge in [-0.05, 0) is 31.2 Å². The van der Waals surface area contributed by atoms with Crippen LogP contribution in [-0.2, 0) is 11.2 Å². The molecule has 4 aromatic rings. The van der Waals surface area contributed by atoms with Crippen molar-refractivity contribution in [2.75, 3.05) is 11.9 Å². The van der Waals surface area contributed by atoms with Gasteiger partial charge in [0.1, 0.15) is 5.75 Å². The molecule has 8 heteroatoms. The van der Waals surface area contributed by atoms with Crippen LogP contribution in [0.1, 0.15) is 12.6 Å². The summed E-state index contributed by atoms with van der Waals surface area (Å²) in [6, 6.07) is 11.4. The van der Waals surface area contributed by atoms with Crippen molar-refractivity contribution in [3.05, 3.63) is 59.1 Å². The third-order valence-corrected chi connectivity index (χ3v) is 5.50. The van der Waals surface area contributed by atoms with Gasteiger partial charge >= 0.3 is 0 Å². The number of carbonyl (C=O) groups excluding carboxylic acids is 1. The van der Waals surface area contributed by atoms with Crippen LogP contribution in [0.4, 0.5) is 5.13 Å². The van der Waals surface area contributed by atoms with Crippen molar-refractivity contribution in [1.29, 1.82) is 0 Å². The Morgan fingerprint density at radius 1 is 1.14 bits per heavy atom. The zero-order valence-corrected chi connectivity index (χ0v) is 16.7. The van der Waals surface area contributed by atoms with Gasteiger partial charge < -0.3 is 14.5 Å². The highest BCUT2D eigenvalue weighted by Gasteiger charge is 2.14. The number of aromatic nitrogens is 2. The summed E-state index contributed by atoms with van der Waals surface area (Å²) >= 11 is 2.83. The van der Waals surface area contributed by atoms with E-state index in [1.165, 1.54) is 22.7 Å². The minimum absolute atomic E-state index is 0.157. The Morgan fingerprint density at radius 3 is 2.86 bits per heavy atom. The topological polar surface area (TPSA) is 77.2 Å². The van der Waals surface area contributed by atoms with Gasteiger partial charge in [0.05, 0.1) is 30.7 Å². The maximum absolute atomic E-state index is 12.4. The number of thiazole rings is 2. The van der Waals surface area contributed by atoms with E-state index in [4.69, 9.17) is 9.15 Å². The van der Waals surface area contributed by atoms with Crippen LogP contribution in [0.15, 0.2) is 57.8 Å². The smallest absolute Gasteiger partial charge is 0.232 e. The van der Waals surface area contributed by atoms with Crippen LogP contribution in [0.25, 0.3) is 22.0 Å². The van der Waals surface area contributed by atoms with E-state index in [1.807, 2.05) is 54.1 Å². The highest BCUT2D eigenvalue weighted by Crippen LogP contribution is 2.32. The van der Waals surface area contributed by atoms with Crippen molar-refractivity contribution < 1.29 is 13.9 Å². The van der Waals surface area contributed by atoms with Crippen molar-refractivity contribution in [3.8, 4) is 27.8 Å². The van der Waals surface area contributed by atoms with Gasteiger partial charge in [-0.1, -0.05) is 12.1 Å². The third-order valence-electron chi connectivity index (χ3n) is 3.84. The lowest BCUT2D eigenvalue weighted by Gasteiger charge is -2.07. The highest BCUT2D eigenvalue weighted by atomic mass is 32.1. The lowest BCUT2D eigenvalue weighted by Crippen LogP contribution is -2.14. The Morgan fingerprint density at radius 2 is 2.04 bits per heavy atom. The van der Waals surface area contributed by atoms with E-state index in [9.17, 15) is 4.79 Å². The van der Waals surface area contributed by atoms with E-state index in [0.717, 1.165) is 22.0 Å². The van der Waals surface area contributed by atoms with Gasteiger partial charge in [-0.2, -0.15) is 0 Å². The zero-order valence-electron chi connectivity index (χ0n) is 15.0. The fourth-order valence-corrected chi connectivity index (χ4v) is 4.16. The predicted octanol–water partition coefficient (Wildman–Crippen LogP) is 5.11. The van der Waals surface area contributed by atoms with Crippen molar-refractivity contribution in [3.63, 3.8) is 0 Å². The molecule has 1 aromatic carbocycles. The molecule has 3 aromatic heterocycles. The van der Waals surface area contributed by atoms with Crippen LogP contribution in [-0.4, -0.2) is 22.5 Å². The first kappa shape index (κ1) is 18.4. The van der Waals surface area contributed by atoms with Crippen molar-refractivity contribution in [1.82, 2.24) is 9.97 Å². The molecule has 0 fully saturated rings. The second-order valence-electron chi connectivity index (χ2n) is 5.81. The number of anilines is 1. The average Bonchev–Trinajstić information content (AvgIpc) is 3.44. The summed E-state index contributed by atoms with van der Waals surface area (Å²) in [5.41, 5.74) is 2.38. The minimum atomic E-state index is -0.157. The molecule has 6 nitrogen and oxygen atoms in total. The van der Waals surface area contributed by atoms with E-state index in [2.05, 4.69) is 15.3 Å². The van der Waals surface area contributed by atoms with E-state index >= 15 is 0 Å². The summed E-state index contributed by atoms with van der Waals surface area (Å²) in [5.74, 6) is 1.32. The number of nitrogens with one attached hydrogen (secondary N) is 1. The Balaban J connectivity index is 1.42. The van der Waals surface area contributed by atoms with E-state index in [1.54, 1.807) is 6.26 Å².